The second kappa shape index (κ2) is 5.10. The quantitative estimate of drug-likeness (QED) is 0.912. The molecule has 0 saturated carbocycles. The summed E-state index contributed by atoms with van der Waals surface area (Å²) >= 11 is 1.72. The van der Waals surface area contributed by atoms with E-state index in [9.17, 15) is 0 Å². The molecular weight excluding hydrogens is 254 g/mol. The lowest BCUT2D eigenvalue weighted by Crippen LogP contribution is -2.52. The Morgan fingerprint density at radius 2 is 2.21 bits per heavy atom. The number of hydrogen-bond acceptors (Lipinski definition) is 4. The minimum atomic E-state index is 0.566. The number of aromatic nitrogens is 1. The molecule has 0 spiro atoms. The molecule has 3 atom stereocenters. The van der Waals surface area contributed by atoms with Crippen molar-refractivity contribution < 1.29 is 0 Å². The third kappa shape index (κ3) is 2.23. The van der Waals surface area contributed by atoms with Crippen molar-refractivity contribution in [3.05, 3.63) is 23.7 Å². The van der Waals surface area contributed by atoms with E-state index in [1.165, 1.54) is 16.8 Å². The molecule has 2 aromatic rings. The van der Waals surface area contributed by atoms with E-state index in [0.29, 0.717) is 18.0 Å². The summed E-state index contributed by atoms with van der Waals surface area (Å²) in [5, 5.41) is 3.45. The van der Waals surface area contributed by atoms with E-state index in [2.05, 4.69) is 54.3 Å². The van der Waals surface area contributed by atoms with Crippen LogP contribution >= 0.6 is 11.3 Å². The fourth-order valence-corrected chi connectivity index (χ4v) is 3.87. The second-order valence-electron chi connectivity index (χ2n) is 5.48. The molecule has 102 valence electrons. The van der Waals surface area contributed by atoms with Crippen LogP contribution in [0.25, 0.3) is 10.2 Å². The smallest absolute Gasteiger partial charge is 0.0813 e. The molecule has 3 unspecified atom stereocenters. The molecule has 1 aliphatic heterocycles. The molecule has 1 saturated heterocycles. The van der Waals surface area contributed by atoms with Crippen molar-refractivity contribution in [2.24, 2.45) is 5.92 Å². The number of benzene rings is 1. The lowest BCUT2D eigenvalue weighted by atomic mass is 9.87. The number of thiazole rings is 1. The van der Waals surface area contributed by atoms with Crippen LogP contribution in [0.4, 0.5) is 5.69 Å². The number of nitrogens with zero attached hydrogens (tertiary/aromatic N) is 2. The highest BCUT2D eigenvalue weighted by Gasteiger charge is 2.31. The molecule has 1 aromatic heterocycles. The third-order valence-corrected chi connectivity index (χ3v) is 5.38. The molecular formula is C15H21N3S. The molecule has 0 aliphatic carbocycles. The van der Waals surface area contributed by atoms with Crippen molar-refractivity contribution in [1.82, 2.24) is 10.3 Å². The van der Waals surface area contributed by atoms with Gasteiger partial charge in [0.25, 0.3) is 0 Å². The third-order valence-electron chi connectivity index (χ3n) is 4.59. The standard InChI is InChI=1S/C15H21N3S/c1-10-11(2)18(7-6-13(10)16-3)12-4-5-14-15(8-12)19-9-17-14/h4-5,8-11,13,16H,6-7H2,1-3H3. The van der Waals surface area contributed by atoms with Crippen LogP contribution in [0, 0.1) is 5.92 Å². The van der Waals surface area contributed by atoms with Gasteiger partial charge in [-0.15, -0.1) is 11.3 Å². The second-order valence-corrected chi connectivity index (χ2v) is 6.37. The highest BCUT2D eigenvalue weighted by molar-refractivity contribution is 7.16. The minimum absolute atomic E-state index is 0.566. The van der Waals surface area contributed by atoms with Gasteiger partial charge in [-0.2, -0.15) is 0 Å². The van der Waals surface area contributed by atoms with Crippen LogP contribution in [0.5, 0.6) is 0 Å². The average molecular weight is 275 g/mol. The van der Waals surface area contributed by atoms with Gasteiger partial charge < -0.3 is 10.2 Å². The van der Waals surface area contributed by atoms with Gasteiger partial charge in [-0.05, 0) is 44.5 Å². The fourth-order valence-electron chi connectivity index (χ4n) is 3.16. The molecule has 0 bridgehead atoms. The summed E-state index contributed by atoms with van der Waals surface area (Å²) in [4.78, 5) is 6.89. The van der Waals surface area contributed by atoms with Crippen LogP contribution in [-0.2, 0) is 0 Å². The monoisotopic (exact) mass is 275 g/mol. The van der Waals surface area contributed by atoms with Gasteiger partial charge in [-0.25, -0.2) is 4.98 Å². The van der Waals surface area contributed by atoms with Crippen molar-refractivity contribution in [2.45, 2.75) is 32.4 Å². The molecule has 2 heterocycles. The number of piperidine rings is 1. The Balaban J connectivity index is 1.89. The first-order valence-corrected chi connectivity index (χ1v) is 7.86. The topological polar surface area (TPSA) is 28.2 Å². The van der Waals surface area contributed by atoms with E-state index in [1.807, 2.05) is 5.51 Å². The number of hydrogen-bond donors (Lipinski definition) is 1. The van der Waals surface area contributed by atoms with Gasteiger partial charge in [0.15, 0.2) is 0 Å². The SMILES string of the molecule is CNC1CCN(c2ccc3ncsc3c2)C(C)C1C. The highest BCUT2D eigenvalue weighted by atomic mass is 32.1. The van der Waals surface area contributed by atoms with Crippen LogP contribution < -0.4 is 10.2 Å². The predicted molar refractivity (Wildman–Crippen MR) is 83.1 cm³/mol. The first kappa shape index (κ1) is 12.9. The Labute approximate surface area is 118 Å². The zero-order chi connectivity index (χ0) is 13.4. The molecule has 1 N–H and O–H groups in total. The van der Waals surface area contributed by atoms with Crippen LogP contribution in [0.1, 0.15) is 20.3 Å². The predicted octanol–water partition coefficient (Wildman–Crippen LogP) is 3.12. The Hall–Kier alpha value is -1.13. The Morgan fingerprint density at radius 3 is 3.00 bits per heavy atom. The maximum Gasteiger partial charge on any atom is 0.0813 e. The molecule has 0 amide bonds. The van der Waals surface area contributed by atoms with Crippen molar-refractivity contribution in [1.29, 1.82) is 0 Å². The molecule has 1 aromatic carbocycles. The Bertz CT molecular complexity index is 565. The van der Waals surface area contributed by atoms with E-state index < -0.39 is 0 Å². The fraction of sp³-hybridized carbons (Fsp3) is 0.533. The maximum atomic E-state index is 4.35. The zero-order valence-electron chi connectivity index (χ0n) is 11.8. The van der Waals surface area contributed by atoms with E-state index in [1.54, 1.807) is 11.3 Å². The van der Waals surface area contributed by atoms with E-state index in [0.717, 1.165) is 12.1 Å². The first-order chi connectivity index (χ1) is 9.20. The average Bonchev–Trinajstić information content (AvgIpc) is 2.89. The molecule has 3 rings (SSSR count). The van der Waals surface area contributed by atoms with Gasteiger partial charge in [0.1, 0.15) is 0 Å². The summed E-state index contributed by atoms with van der Waals surface area (Å²) in [5.41, 5.74) is 4.37. The summed E-state index contributed by atoms with van der Waals surface area (Å²) in [6.45, 7) is 5.82. The Kier molecular flexibility index (Phi) is 3.46. The van der Waals surface area contributed by atoms with E-state index >= 15 is 0 Å². The molecule has 19 heavy (non-hydrogen) atoms. The van der Waals surface area contributed by atoms with Crippen LogP contribution in [0.3, 0.4) is 0 Å². The zero-order valence-corrected chi connectivity index (χ0v) is 12.6. The normalized spacial score (nSPS) is 27.9. The summed E-state index contributed by atoms with van der Waals surface area (Å²) in [6.07, 6.45) is 1.21. The molecule has 1 fully saturated rings. The molecule has 0 radical (unpaired) electrons. The van der Waals surface area contributed by atoms with Crippen molar-refractivity contribution in [3.8, 4) is 0 Å². The summed E-state index contributed by atoms with van der Waals surface area (Å²) in [5.74, 6) is 0.663. The van der Waals surface area contributed by atoms with E-state index in [4.69, 9.17) is 0 Å². The number of anilines is 1. The highest BCUT2D eigenvalue weighted by Crippen LogP contribution is 2.31. The lowest BCUT2D eigenvalue weighted by molar-refractivity contribution is 0.283. The number of nitrogens with one attached hydrogen (secondary N) is 1. The molecule has 3 nitrogen and oxygen atoms in total. The number of rotatable bonds is 2. The van der Waals surface area contributed by atoms with Crippen molar-refractivity contribution in [2.75, 3.05) is 18.5 Å². The minimum Gasteiger partial charge on any atom is -0.368 e. The largest absolute Gasteiger partial charge is 0.368 e. The van der Waals surface area contributed by atoms with Crippen LogP contribution in [-0.4, -0.2) is 30.7 Å². The van der Waals surface area contributed by atoms with Gasteiger partial charge in [-0.3, -0.25) is 0 Å². The van der Waals surface area contributed by atoms with Gasteiger partial charge in [0.05, 0.1) is 15.7 Å². The van der Waals surface area contributed by atoms with Crippen molar-refractivity contribution in [3.63, 3.8) is 0 Å². The van der Waals surface area contributed by atoms with Gasteiger partial charge >= 0.3 is 0 Å². The maximum absolute atomic E-state index is 4.35. The number of fused-ring (bicyclic) bond motifs is 1. The summed E-state index contributed by atoms with van der Waals surface area (Å²) in [6, 6.07) is 7.85. The van der Waals surface area contributed by atoms with Crippen LogP contribution in [0.15, 0.2) is 23.7 Å². The summed E-state index contributed by atoms with van der Waals surface area (Å²) in [7, 11) is 2.08. The van der Waals surface area contributed by atoms with Crippen molar-refractivity contribution >= 4 is 27.2 Å². The van der Waals surface area contributed by atoms with E-state index in [-0.39, 0.29) is 0 Å². The van der Waals surface area contributed by atoms with Crippen LogP contribution in [0.2, 0.25) is 0 Å². The molecule has 1 aliphatic rings. The first-order valence-electron chi connectivity index (χ1n) is 6.98. The Morgan fingerprint density at radius 1 is 1.37 bits per heavy atom. The van der Waals surface area contributed by atoms with Gasteiger partial charge in [0, 0.05) is 24.3 Å². The summed E-state index contributed by atoms with van der Waals surface area (Å²) < 4.78 is 1.29. The van der Waals surface area contributed by atoms with Gasteiger partial charge in [-0.1, -0.05) is 6.92 Å². The van der Waals surface area contributed by atoms with Gasteiger partial charge in [0.2, 0.25) is 0 Å². The molecule has 4 heteroatoms. The lowest BCUT2D eigenvalue weighted by Gasteiger charge is -2.44.